The van der Waals surface area contributed by atoms with Gasteiger partial charge in [0.05, 0.1) is 6.04 Å². The Hall–Kier alpha value is -1.35. The molecule has 1 aliphatic heterocycles. The Balaban J connectivity index is 2.46. The smallest absolute Gasteiger partial charge is 0.156 e. The highest BCUT2D eigenvalue weighted by atomic mass is 16.5. The molecular weight excluding hydrogens is 178 g/mol. The zero-order valence-electron chi connectivity index (χ0n) is 8.28. The van der Waals surface area contributed by atoms with E-state index in [2.05, 4.69) is 5.32 Å². The third-order valence-corrected chi connectivity index (χ3v) is 2.26. The van der Waals surface area contributed by atoms with E-state index in [-0.39, 0.29) is 6.04 Å². The fourth-order valence-electron chi connectivity index (χ4n) is 1.69. The van der Waals surface area contributed by atoms with Crippen molar-refractivity contribution in [1.82, 2.24) is 5.32 Å². The second-order valence-electron chi connectivity index (χ2n) is 3.91. The average Bonchev–Trinajstić information content (AvgIpc) is 2.15. The minimum absolute atomic E-state index is 0.269. The largest absolute Gasteiger partial charge is 0.473 e. The highest BCUT2D eigenvalue weighted by Crippen LogP contribution is 2.32. The summed E-state index contributed by atoms with van der Waals surface area (Å²) in [6.07, 6.45) is 0.906. The van der Waals surface area contributed by atoms with E-state index in [0.29, 0.717) is 0 Å². The quantitative estimate of drug-likeness (QED) is 0.686. The molecule has 3 heteroatoms. The fourth-order valence-corrected chi connectivity index (χ4v) is 1.69. The van der Waals surface area contributed by atoms with Gasteiger partial charge < -0.3 is 9.53 Å². The summed E-state index contributed by atoms with van der Waals surface area (Å²) >= 11 is 0. The van der Waals surface area contributed by atoms with Crippen LogP contribution in [0, 0.1) is 0 Å². The molecule has 2 rings (SSSR count). The molecule has 0 radical (unpaired) electrons. The Bertz CT molecular complexity index is 360. The molecule has 74 valence electrons. The lowest BCUT2D eigenvalue weighted by Crippen LogP contribution is -2.50. The van der Waals surface area contributed by atoms with E-state index < -0.39 is 5.72 Å². The zero-order valence-corrected chi connectivity index (χ0v) is 8.28. The van der Waals surface area contributed by atoms with Crippen LogP contribution >= 0.6 is 0 Å². The highest BCUT2D eigenvalue weighted by molar-refractivity contribution is 5.64. The van der Waals surface area contributed by atoms with Crippen LogP contribution in [0.4, 0.5) is 0 Å². The molecule has 0 amide bonds. The van der Waals surface area contributed by atoms with Gasteiger partial charge in [0.2, 0.25) is 0 Å². The number of ether oxygens (including phenoxy) is 1. The summed E-state index contributed by atoms with van der Waals surface area (Å²) < 4.78 is 5.68. The van der Waals surface area contributed by atoms with Crippen LogP contribution < -0.4 is 10.1 Å². The first kappa shape index (κ1) is 9.21. The second-order valence-corrected chi connectivity index (χ2v) is 3.91. The summed E-state index contributed by atoms with van der Waals surface area (Å²) in [7, 11) is 0. The van der Waals surface area contributed by atoms with E-state index >= 15 is 0 Å². The average molecular weight is 191 g/mol. The maximum Gasteiger partial charge on any atom is 0.156 e. The number of benzene rings is 1. The van der Waals surface area contributed by atoms with Crippen molar-refractivity contribution < 1.29 is 9.53 Å². The number of aldehydes is 1. The van der Waals surface area contributed by atoms with E-state index in [0.717, 1.165) is 17.6 Å². The number of hydrogen-bond acceptors (Lipinski definition) is 3. The van der Waals surface area contributed by atoms with Gasteiger partial charge in [-0.3, -0.25) is 5.32 Å². The van der Waals surface area contributed by atoms with Crippen molar-refractivity contribution >= 4 is 6.29 Å². The van der Waals surface area contributed by atoms with E-state index in [1.54, 1.807) is 0 Å². The molecule has 1 N–H and O–H groups in total. The lowest BCUT2D eigenvalue weighted by molar-refractivity contribution is -0.112. The van der Waals surface area contributed by atoms with Crippen molar-refractivity contribution in [2.45, 2.75) is 25.6 Å². The number of hydrogen-bond donors (Lipinski definition) is 1. The van der Waals surface area contributed by atoms with E-state index in [1.807, 2.05) is 38.1 Å². The minimum Gasteiger partial charge on any atom is -0.473 e. The number of rotatable bonds is 1. The van der Waals surface area contributed by atoms with E-state index in [4.69, 9.17) is 4.74 Å². The first-order valence-corrected chi connectivity index (χ1v) is 4.63. The summed E-state index contributed by atoms with van der Waals surface area (Å²) in [6.45, 7) is 3.80. The Kier molecular flexibility index (Phi) is 2.04. The third kappa shape index (κ3) is 1.51. The lowest BCUT2D eigenvalue weighted by atomic mass is 10.0. The number of nitrogens with one attached hydrogen (secondary N) is 1. The Morgan fingerprint density at radius 1 is 1.43 bits per heavy atom. The Morgan fingerprint density at radius 3 is 2.86 bits per heavy atom. The molecule has 0 fully saturated rings. The molecule has 0 aromatic heterocycles. The molecule has 14 heavy (non-hydrogen) atoms. The van der Waals surface area contributed by atoms with Crippen LogP contribution in [-0.4, -0.2) is 12.0 Å². The number of carbonyl (C=O) groups excluding carboxylic acids is 1. The minimum atomic E-state index is -0.486. The summed E-state index contributed by atoms with van der Waals surface area (Å²) in [6, 6.07) is 7.32. The van der Waals surface area contributed by atoms with Crippen LogP contribution in [0.1, 0.15) is 25.5 Å². The molecule has 3 nitrogen and oxygen atoms in total. The predicted octanol–water partition coefficient (Wildman–Crippen LogP) is 1.64. The highest BCUT2D eigenvalue weighted by Gasteiger charge is 2.31. The second kappa shape index (κ2) is 3.10. The molecular formula is C11H13NO2. The fraction of sp³-hybridized carbons (Fsp3) is 0.364. The number of para-hydroxylation sites is 1. The Labute approximate surface area is 83.1 Å². The molecule has 0 saturated carbocycles. The van der Waals surface area contributed by atoms with Crippen molar-refractivity contribution in [1.29, 1.82) is 0 Å². The van der Waals surface area contributed by atoms with Crippen molar-refractivity contribution in [3.05, 3.63) is 29.8 Å². The third-order valence-electron chi connectivity index (χ3n) is 2.26. The van der Waals surface area contributed by atoms with Crippen molar-refractivity contribution in [3.63, 3.8) is 0 Å². The van der Waals surface area contributed by atoms with Crippen molar-refractivity contribution in [2.75, 3.05) is 0 Å². The van der Waals surface area contributed by atoms with E-state index in [9.17, 15) is 4.79 Å². The number of fused-ring (bicyclic) bond motifs is 1. The summed E-state index contributed by atoms with van der Waals surface area (Å²) in [4.78, 5) is 10.9. The standard InChI is InChI=1S/C11H13NO2/c1-11(2)12-9(7-13)8-5-3-4-6-10(8)14-11/h3-7,9,12H,1-2H3. The van der Waals surface area contributed by atoms with Gasteiger partial charge >= 0.3 is 0 Å². The maximum absolute atomic E-state index is 10.9. The summed E-state index contributed by atoms with van der Waals surface area (Å²) in [5.74, 6) is 0.786. The van der Waals surface area contributed by atoms with Crippen LogP contribution in [-0.2, 0) is 4.79 Å². The predicted molar refractivity (Wildman–Crippen MR) is 53.1 cm³/mol. The molecule has 0 spiro atoms. The Morgan fingerprint density at radius 2 is 2.14 bits per heavy atom. The molecule has 1 heterocycles. The normalized spacial score (nSPS) is 23.4. The summed E-state index contributed by atoms with van der Waals surface area (Å²) in [5.41, 5.74) is 0.418. The van der Waals surface area contributed by atoms with Crippen LogP contribution in [0.2, 0.25) is 0 Å². The van der Waals surface area contributed by atoms with Crippen LogP contribution in [0.15, 0.2) is 24.3 Å². The van der Waals surface area contributed by atoms with Crippen LogP contribution in [0.3, 0.4) is 0 Å². The molecule has 0 bridgehead atoms. The van der Waals surface area contributed by atoms with Gasteiger partial charge in [-0.05, 0) is 19.9 Å². The van der Waals surface area contributed by atoms with Gasteiger partial charge in [0.1, 0.15) is 12.0 Å². The SMILES string of the molecule is CC1(C)NC(C=O)c2ccccc2O1. The van der Waals surface area contributed by atoms with E-state index in [1.165, 1.54) is 0 Å². The first-order valence-electron chi connectivity index (χ1n) is 4.63. The lowest BCUT2D eigenvalue weighted by Gasteiger charge is -2.36. The van der Waals surface area contributed by atoms with Crippen LogP contribution in [0.25, 0.3) is 0 Å². The van der Waals surface area contributed by atoms with Gasteiger partial charge in [-0.25, -0.2) is 0 Å². The maximum atomic E-state index is 10.9. The molecule has 1 aromatic carbocycles. The molecule has 1 atom stereocenters. The molecule has 1 unspecified atom stereocenters. The zero-order chi connectivity index (χ0) is 10.2. The van der Waals surface area contributed by atoms with Gasteiger partial charge in [0.15, 0.2) is 5.72 Å². The number of carbonyl (C=O) groups is 1. The summed E-state index contributed by atoms with van der Waals surface area (Å²) in [5, 5.41) is 3.11. The molecule has 1 aliphatic rings. The first-order chi connectivity index (χ1) is 6.62. The van der Waals surface area contributed by atoms with Crippen molar-refractivity contribution in [2.24, 2.45) is 0 Å². The topological polar surface area (TPSA) is 38.3 Å². The molecule has 0 saturated heterocycles. The van der Waals surface area contributed by atoms with Gasteiger partial charge in [0, 0.05) is 5.56 Å². The molecule has 1 aromatic rings. The van der Waals surface area contributed by atoms with Gasteiger partial charge in [0.25, 0.3) is 0 Å². The van der Waals surface area contributed by atoms with Gasteiger partial charge in [-0.15, -0.1) is 0 Å². The van der Waals surface area contributed by atoms with Gasteiger partial charge in [-0.1, -0.05) is 18.2 Å². The van der Waals surface area contributed by atoms with Crippen LogP contribution in [0.5, 0.6) is 5.75 Å². The van der Waals surface area contributed by atoms with Gasteiger partial charge in [-0.2, -0.15) is 0 Å². The molecule has 0 aliphatic carbocycles. The monoisotopic (exact) mass is 191 g/mol. The van der Waals surface area contributed by atoms with Crippen molar-refractivity contribution in [3.8, 4) is 5.75 Å².